The van der Waals surface area contributed by atoms with Crippen molar-refractivity contribution >= 4 is 17.7 Å². The molecule has 2 saturated heterocycles. The largest absolute Gasteiger partial charge is 0.490 e. The maximum absolute atomic E-state index is 13.0. The molecular weight excluding hydrogens is 496 g/mol. The Morgan fingerprint density at radius 3 is 2.38 bits per heavy atom. The number of piperidine rings is 1. The zero-order valence-electron chi connectivity index (χ0n) is 20.4. The number of hydrogen-bond donors (Lipinski definition) is 2. The molecule has 37 heavy (non-hydrogen) atoms. The third-order valence-corrected chi connectivity index (χ3v) is 6.66. The third kappa shape index (κ3) is 8.38. The number of amides is 1. The van der Waals surface area contributed by atoms with Gasteiger partial charge in [0.2, 0.25) is 5.91 Å². The number of nitrogens with one attached hydrogen (secondary N) is 1. The average molecular weight is 527 g/mol. The molecule has 1 atom stereocenters. The number of nitrogens with zero attached hydrogens (tertiary/aromatic N) is 3. The highest BCUT2D eigenvalue weighted by molar-refractivity contribution is 5.78. The van der Waals surface area contributed by atoms with Crippen LogP contribution in [0.15, 0.2) is 36.8 Å². The van der Waals surface area contributed by atoms with Crippen molar-refractivity contribution in [3.05, 3.63) is 53.7 Å². The number of carbonyl (C=O) groups is 2. The summed E-state index contributed by atoms with van der Waals surface area (Å²) in [4.78, 5) is 31.9. The van der Waals surface area contributed by atoms with Crippen LogP contribution in [0.4, 0.5) is 23.4 Å². The molecule has 1 spiro atoms. The minimum atomic E-state index is -5.08. The molecule has 202 valence electrons. The maximum Gasteiger partial charge on any atom is 0.490 e. The summed E-state index contributed by atoms with van der Waals surface area (Å²) >= 11 is 0. The molecule has 12 heteroatoms. The highest BCUT2D eigenvalue weighted by atomic mass is 19.4. The molecule has 0 bridgehead atoms. The summed E-state index contributed by atoms with van der Waals surface area (Å²) in [5.74, 6) is -2.06. The van der Waals surface area contributed by atoms with Crippen LogP contribution in [0.1, 0.15) is 36.8 Å². The fourth-order valence-electron chi connectivity index (χ4n) is 4.47. The number of rotatable bonds is 5. The van der Waals surface area contributed by atoms with Crippen LogP contribution in [0, 0.1) is 18.2 Å². The zero-order chi connectivity index (χ0) is 27.1. The van der Waals surface area contributed by atoms with E-state index in [0.717, 1.165) is 62.3 Å². The van der Waals surface area contributed by atoms with Crippen molar-refractivity contribution in [2.45, 2.75) is 51.3 Å². The van der Waals surface area contributed by atoms with E-state index in [1.807, 2.05) is 6.20 Å². The van der Waals surface area contributed by atoms with E-state index in [1.54, 1.807) is 18.5 Å². The molecule has 0 radical (unpaired) electrons. The second kappa shape index (κ2) is 12.3. The van der Waals surface area contributed by atoms with Crippen LogP contribution >= 0.6 is 0 Å². The van der Waals surface area contributed by atoms with Crippen molar-refractivity contribution in [2.24, 2.45) is 5.41 Å². The SMILES string of the molecule is Cc1cncnc1N1CCC2(CCC(CNC(=O)Cc3ccc(F)cc3)OC2)CC1.O=C(O)C(F)(F)F. The quantitative estimate of drug-likeness (QED) is 0.573. The van der Waals surface area contributed by atoms with Crippen molar-refractivity contribution < 1.29 is 37.0 Å². The molecule has 4 rings (SSSR count). The summed E-state index contributed by atoms with van der Waals surface area (Å²) in [6.07, 6.45) is 3.01. The van der Waals surface area contributed by atoms with Gasteiger partial charge in [-0.2, -0.15) is 13.2 Å². The summed E-state index contributed by atoms with van der Waals surface area (Å²) in [5, 5.41) is 10.1. The van der Waals surface area contributed by atoms with E-state index < -0.39 is 12.1 Å². The highest BCUT2D eigenvalue weighted by Crippen LogP contribution is 2.41. The second-order valence-corrected chi connectivity index (χ2v) is 9.40. The van der Waals surface area contributed by atoms with E-state index in [9.17, 15) is 22.4 Å². The molecule has 1 amide bonds. The second-order valence-electron chi connectivity index (χ2n) is 9.40. The Bertz CT molecular complexity index is 1050. The summed E-state index contributed by atoms with van der Waals surface area (Å²) in [6, 6.07) is 6.05. The standard InChI is InChI=1S/C23H29FN4O2.C2HF3O2/c1-17-13-25-16-27-22(17)28-10-8-23(9-11-28)7-6-20(30-15-23)14-26-21(29)12-18-2-4-19(24)5-3-18;3-2(4,5)1(6)7/h2-5,13,16,20H,6-12,14-15H2,1H3,(H,26,29);(H,6,7). The number of benzene rings is 1. The number of aromatic nitrogens is 2. The van der Waals surface area contributed by atoms with Gasteiger partial charge in [-0.3, -0.25) is 4.79 Å². The van der Waals surface area contributed by atoms with Crippen molar-refractivity contribution in [1.82, 2.24) is 15.3 Å². The number of ether oxygens (including phenoxy) is 1. The van der Waals surface area contributed by atoms with Gasteiger partial charge < -0.3 is 20.1 Å². The topological polar surface area (TPSA) is 105 Å². The molecule has 1 aromatic carbocycles. The van der Waals surface area contributed by atoms with Crippen LogP contribution < -0.4 is 10.2 Å². The van der Waals surface area contributed by atoms with E-state index in [0.29, 0.717) is 6.54 Å². The van der Waals surface area contributed by atoms with Gasteiger partial charge in [0, 0.05) is 31.4 Å². The van der Waals surface area contributed by atoms with Gasteiger partial charge in [0.1, 0.15) is 18.0 Å². The molecule has 1 aromatic heterocycles. The van der Waals surface area contributed by atoms with Gasteiger partial charge in [-0.25, -0.2) is 19.2 Å². The molecule has 2 fully saturated rings. The predicted molar refractivity (Wildman–Crippen MR) is 126 cm³/mol. The van der Waals surface area contributed by atoms with Crippen molar-refractivity contribution in [3.63, 3.8) is 0 Å². The molecule has 2 aliphatic heterocycles. The molecule has 8 nitrogen and oxygen atoms in total. The van der Waals surface area contributed by atoms with Gasteiger partial charge in [-0.1, -0.05) is 12.1 Å². The normalized spacial score (nSPS) is 19.1. The Morgan fingerprint density at radius 1 is 1.19 bits per heavy atom. The predicted octanol–water partition coefficient (Wildman–Crippen LogP) is 3.68. The summed E-state index contributed by atoms with van der Waals surface area (Å²) in [7, 11) is 0. The Balaban J connectivity index is 0.000000479. The minimum absolute atomic E-state index is 0.0565. The van der Waals surface area contributed by atoms with E-state index in [2.05, 4.69) is 27.1 Å². The molecule has 0 aliphatic carbocycles. The first-order valence-electron chi connectivity index (χ1n) is 11.9. The number of anilines is 1. The van der Waals surface area contributed by atoms with Crippen LogP contribution in [-0.4, -0.2) is 65.5 Å². The maximum atomic E-state index is 13.0. The van der Waals surface area contributed by atoms with Gasteiger partial charge in [0.25, 0.3) is 0 Å². The summed E-state index contributed by atoms with van der Waals surface area (Å²) in [6.45, 7) is 5.31. The Morgan fingerprint density at radius 2 is 1.84 bits per heavy atom. The molecule has 1 unspecified atom stereocenters. The van der Waals surface area contributed by atoms with Gasteiger partial charge in [-0.05, 0) is 55.7 Å². The molecule has 2 aromatic rings. The number of hydrogen-bond acceptors (Lipinski definition) is 6. The molecule has 2 aliphatic rings. The van der Waals surface area contributed by atoms with Gasteiger partial charge in [-0.15, -0.1) is 0 Å². The van der Waals surface area contributed by atoms with E-state index in [4.69, 9.17) is 14.6 Å². The monoisotopic (exact) mass is 526 g/mol. The molecule has 2 N–H and O–H groups in total. The van der Waals surface area contributed by atoms with E-state index in [1.165, 1.54) is 12.1 Å². The number of alkyl halides is 3. The Hall–Kier alpha value is -3.28. The average Bonchev–Trinajstić information content (AvgIpc) is 2.86. The van der Waals surface area contributed by atoms with Crippen LogP contribution in [0.5, 0.6) is 0 Å². The van der Waals surface area contributed by atoms with Crippen LogP contribution in [0.25, 0.3) is 0 Å². The third-order valence-electron chi connectivity index (χ3n) is 6.66. The van der Waals surface area contributed by atoms with Gasteiger partial charge in [0.15, 0.2) is 0 Å². The smallest absolute Gasteiger partial charge is 0.475 e. The lowest BCUT2D eigenvalue weighted by atomic mass is 9.73. The minimum Gasteiger partial charge on any atom is -0.475 e. The summed E-state index contributed by atoms with van der Waals surface area (Å²) < 4.78 is 50.8. The number of halogens is 4. The lowest BCUT2D eigenvalue weighted by Gasteiger charge is -2.46. The van der Waals surface area contributed by atoms with Gasteiger partial charge in [0.05, 0.1) is 19.1 Å². The first-order chi connectivity index (χ1) is 17.5. The lowest BCUT2D eigenvalue weighted by molar-refractivity contribution is -0.192. The van der Waals surface area contributed by atoms with Crippen molar-refractivity contribution in [1.29, 1.82) is 0 Å². The number of carbonyl (C=O) groups excluding carboxylic acids is 1. The summed E-state index contributed by atoms with van der Waals surface area (Å²) in [5.41, 5.74) is 2.17. The van der Waals surface area contributed by atoms with E-state index >= 15 is 0 Å². The highest BCUT2D eigenvalue weighted by Gasteiger charge is 2.39. The fourth-order valence-corrected chi connectivity index (χ4v) is 4.47. The lowest BCUT2D eigenvalue weighted by Crippen LogP contribution is -2.48. The molecule has 0 saturated carbocycles. The zero-order valence-corrected chi connectivity index (χ0v) is 20.4. The van der Waals surface area contributed by atoms with Crippen molar-refractivity contribution in [2.75, 3.05) is 31.1 Å². The Labute approximate surface area is 212 Å². The van der Waals surface area contributed by atoms with Crippen molar-refractivity contribution in [3.8, 4) is 0 Å². The first-order valence-corrected chi connectivity index (χ1v) is 11.9. The number of carboxylic acid groups (broad SMARTS) is 1. The van der Waals surface area contributed by atoms with Crippen LogP contribution in [0.2, 0.25) is 0 Å². The number of carboxylic acids is 1. The first kappa shape index (κ1) is 28.3. The fraction of sp³-hybridized carbons (Fsp3) is 0.520. The Kier molecular flexibility index (Phi) is 9.41. The number of aliphatic carboxylic acids is 1. The molecule has 3 heterocycles. The van der Waals surface area contributed by atoms with Crippen LogP contribution in [0.3, 0.4) is 0 Å². The van der Waals surface area contributed by atoms with Gasteiger partial charge >= 0.3 is 12.1 Å². The van der Waals surface area contributed by atoms with Crippen LogP contribution in [-0.2, 0) is 20.7 Å². The number of aryl methyl sites for hydroxylation is 1. The van der Waals surface area contributed by atoms with E-state index in [-0.39, 0.29) is 29.7 Å². The molecular formula is C25H30F4N4O4.